The van der Waals surface area contributed by atoms with Gasteiger partial charge in [0.15, 0.2) is 0 Å². The van der Waals surface area contributed by atoms with Crippen LogP contribution in [0.1, 0.15) is 6.42 Å². The Morgan fingerprint density at radius 1 is 1.42 bits per heavy atom. The van der Waals surface area contributed by atoms with Crippen LogP contribution in [0.4, 0.5) is 0 Å². The van der Waals surface area contributed by atoms with Crippen LogP contribution in [0, 0.1) is 0 Å². The predicted octanol–water partition coefficient (Wildman–Crippen LogP) is 0.206. The zero-order chi connectivity index (χ0) is 8.97. The predicted molar refractivity (Wildman–Crippen MR) is 49.8 cm³/mol. The molecule has 0 aromatic heterocycles. The molecule has 70 valence electrons. The second kappa shape index (κ2) is 4.82. The van der Waals surface area contributed by atoms with E-state index in [4.69, 9.17) is 11.6 Å². The molecular formula is C7H12ClNO2S. The second-order valence-electron chi connectivity index (χ2n) is 2.67. The fourth-order valence-corrected chi connectivity index (χ4v) is 2.34. The molecule has 5 heteroatoms. The van der Waals surface area contributed by atoms with Gasteiger partial charge in [0.1, 0.15) is 0 Å². The largest absolute Gasteiger partial charge is 0.341 e. The van der Waals surface area contributed by atoms with Gasteiger partial charge in [0.2, 0.25) is 5.91 Å². The summed E-state index contributed by atoms with van der Waals surface area (Å²) in [6, 6.07) is 0. The normalized spacial score (nSPS) is 19.6. The van der Waals surface area contributed by atoms with Crippen molar-refractivity contribution >= 4 is 28.3 Å². The van der Waals surface area contributed by atoms with E-state index in [0.29, 0.717) is 36.9 Å². The van der Waals surface area contributed by atoms with E-state index in [1.165, 1.54) is 0 Å². The topological polar surface area (TPSA) is 37.4 Å². The number of halogens is 1. The average molecular weight is 210 g/mol. The molecule has 0 radical (unpaired) electrons. The van der Waals surface area contributed by atoms with Gasteiger partial charge in [0.05, 0.1) is 0 Å². The van der Waals surface area contributed by atoms with Crippen molar-refractivity contribution in [2.24, 2.45) is 0 Å². The van der Waals surface area contributed by atoms with Crippen LogP contribution < -0.4 is 0 Å². The van der Waals surface area contributed by atoms with Crippen LogP contribution in [-0.4, -0.2) is 45.5 Å². The van der Waals surface area contributed by atoms with Crippen molar-refractivity contribution in [1.82, 2.24) is 4.90 Å². The monoisotopic (exact) mass is 209 g/mol. The van der Waals surface area contributed by atoms with Gasteiger partial charge < -0.3 is 4.90 Å². The van der Waals surface area contributed by atoms with E-state index in [1.807, 2.05) is 0 Å². The summed E-state index contributed by atoms with van der Waals surface area (Å²) in [5.74, 6) is 1.70. The molecule has 0 aromatic rings. The van der Waals surface area contributed by atoms with Gasteiger partial charge >= 0.3 is 0 Å². The summed E-state index contributed by atoms with van der Waals surface area (Å²) in [7, 11) is -0.708. The number of carbonyl (C=O) groups excluding carboxylic acids is 1. The van der Waals surface area contributed by atoms with Crippen molar-refractivity contribution in [3.8, 4) is 0 Å². The van der Waals surface area contributed by atoms with E-state index in [0.717, 1.165) is 0 Å². The summed E-state index contributed by atoms with van der Waals surface area (Å²) in [5.41, 5.74) is 0. The lowest BCUT2D eigenvalue weighted by Gasteiger charge is -2.25. The minimum absolute atomic E-state index is 0.0849. The smallest absolute Gasteiger partial charge is 0.223 e. The third-order valence-corrected chi connectivity index (χ3v) is 3.30. The minimum atomic E-state index is -0.708. The Hall–Kier alpha value is -0.0900. The zero-order valence-corrected chi connectivity index (χ0v) is 8.36. The number of hydrogen-bond acceptors (Lipinski definition) is 2. The molecule has 0 saturated carbocycles. The Kier molecular flexibility index (Phi) is 4.01. The molecule has 0 spiro atoms. The molecule has 12 heavy (non-hydrogen) atoms. The lowest BCUT2D eigenvalue weighted by atomic mass is 10.4. The molecule has 0 unspecified atom stereocenters. The van der Waals surface area contributed by atoms with Gasteiger partial charge in [-0.3, -0.25) is 9.00 Å². The highest BCUT2D eigenvalue weighted by Gasteiger charge is 2.18. The fourth-order valence-electron chi connectivity index (χ4n) is 1.13. The highest BCUT2D eigenvalue weighted by molar-refractivity contribution is 7.85. The van der Waals surface area contributed by atoms with E-state index in [9.17, 15) is 9.00 Å². The van der Waals surface area contributed by atoms with Crippen molar-refractivity contribution in [3.05, 3.63) is 0 Å². The number of hydrogen-bond donors (Lipinski definition) is 0. The van der Waals surface area contributed by atoms with Gasteiger partial charge in [-0.2, -0.15) is 0 Å². The molecule has 1 rings (SSSR count). The maximum absolute atomic E-state index is 11.2. The molecule has 0 atom stereocenters. The molecule has 0 aliphatic carbocycles. The van der Waals surface area contributed by atoms with Gasteiger partial charge in [0.25, 0.3) is 0 Å². The third-order valence-electron chi connectivity index (χ3n) is 1.84. The minimum Gasteiger partial charge on any atom is -0.341 e. The summed E-state index contributed by atoms with van der Waals surface area (Å²) < 4.78 is 10.9. The van der Waals surface area contributed by atoms with Crippen LogP contribution in [0.25, 0.3) is 0 Å². The van der Waals surface area contributed by atoms with Crippen molar-refractivity contribution in [3.63, 3.8) is 0 Å². The van der Waals surface area contributed by atoms with Crippen LogP contribution in [0.3, 0.4) is 0 Å². The highest BCUT2D eigenvalue weighted by Crippen LogP contribution is 2.02. The number of nitrogens with zero attached hydrogens (tertiary/aromatic N) is 1. The molecule has 1 fully saturated rings. The Balaban J connectivity index is 2.33. The first kappa shape index (κ1) is 9.99. The van der Waals surface area contributed by atoms with Gasteiger partial charge in [-0.05, 0) is 0 Å². The van der Waals surface area contributed by atoms with Crippen molar-refractivity contribution in [2.45, 2.75) is 6.42 Å². The number of carbonyl (C=O) groups is 1. The number of alkyl halides is 1. The average Bonchev–Trinajstić information content (AvgIpc) is 2.06. The maximum Gasteiger partial charge on any atom is 0.223 e. The quantitative estimate of drug-likeness (QED) is 0.610. The first-order chi connectivity index (χ1) is 5.74. The Bertz CT molecular complexity index is 188. The summed E-state index contributed by atoms with van der Waals surface area (Å²) >= 11 is 5.44. The number of amides is 1. The van der Waals surface area contributed by atoms with Crippen LogP contribution >= 0.6 is 11.6 Å². The second-order valence-corrected chi connectivity index (χ2v) is 4.74. The van der Waals surface area contributed by atoms with Crippen LogP contribution in [0.5, 0.6) is 0 Å². The lowest BCUT2D eigenvalue weighted by molar-refractivity contribution is -0.130. The van der Waals surface area contributed by atoms with Gasteiger partial charge in [-0.1, -0.05) is 0 Å². The SMILES string of the molecule is O=C(CCCl)N1CCS(=O)CC1. The Morgan fingerprint density at radius 3 is 2.50 bits per heavy atom. The molecule has 0 bridgehead atoms. The van der Waals surface area contributed by atoms with E-state index in [-0.39, 0.29) is 5.91 Å². The molecular weight excluding hydrogens is 198 g/mol. The molecule has 1 aliphatic heterocycles. The van der Waals surface area contributed by atoms with Crippen LogP contribution in [-0.2, 0) is 15.6 Å². The molecule has 1 aliphatic rings. The van der Waals surface area contributed by atoms with Gasteiger partial charge in [-0.25, -0.2) is 0 Å². The molecule has 1 saturated heterocycles. The highest BCUT2D eigenvalue weighted by atomic mass is 35.5. The summed E-state index contributed by atoms with van der Waals surface area (Å²) in [6.07, 6.45) is 0.397. The summed E-state index contributed by atoms with van der Waals surface area (Å²) in [4.78, 5) is 13.0. The van der Waals surface area contributed by atoms with E-state index in [1.54, 1.807) is 4.90 Å². The van der Waals surface area contributed by atoms with Crippen LogP contribution in [0.2, 0.25) is 0 Å². The van der Waals surface area contributed by atoms with E-state index < -0.39 is 10.8 Å². The Labute approximate surface area is 79.5 Å². The van der Waals surface area contributed by atoms with Crippen LogP contribution in [0.15, 0.2) is 0 Å². The molecule has 0 aromatic carbocycles. The first-order valence-corrected chi connectivity index (χ1v) is 5.95. The first-order valence-electron chi connectivity index (χ1n) is 3.93. The zero-order valence-electron chi connectivity index (χ0n) is 6.79. The van der Waals surface area contributed by atoms with E-state index in [2.05, 4.69) is 0 Å². The standard InChI is InChI=1S/C7H12ClNO2S/c8-2-1-7(10)9-3-5-12(11)6-4-9/h1-6H2. The Morgan fingerprint density at radius 2 is 2.00 bits per heavy atom. The fraction of sp³-hybridized carbons (Fsp3) is 0.857. The van der Waals surface area contributed by atoms with Gasteiger partial charge in [-0.15, -0.1) is 11.6 Å². The molecule has 3 nitrogen and oxygen atoms in total. The summed E-state index contributed by atoms with van der Waals surface area (Å²) in [6.45, 7) is 1.25. The lowest BCUT2D eigenvalue weighted by Crippen LogP contribution is -2.41. The van der Waals surface area contributed by atoms with Crippen molar-refractivity contribution in [1.29, 1.82) is 0 Å². The molecule has 1 heterocycles. The molecule has 1 amide bonds. The third kappa shape index (κ3) is 2.75. The molecule has 0 N–H and O–H groups in total. The summed E-state index contributed by atoms with van der Waals surface area (Å²) in [5, 5.41) is 0. The van der Waals surface area contributed by atoms with E-state index >= 15 is 0 Å². The number of rotatable bonds is 2. The van der Waals surface area contributed by atoms with Crippen molar-refractivity contribution in [2.75, 3.05) is 30.5 Å². The van der Waals surface area contributed by atoms with Crippen molar-refractivity contribution < 1.29 is 9.00 Å². The van der Waals surface area contributed by atoms with Gasteiger partial charge in [0, 0.05) is 47.7 Å². The maximum atomic E-state index is 11.2.